The van der Waals surface area contributed by atoms with Crippen molar-refractivity contribution in [2.45, 2.75) is 25.1 Å². The highest BCUT2D eigenvalue weighted by Gasteiger charge is 2.47. The van der Waals surface area contributed by atoms with Crippen LogP contribution in [-0.4, -0.2) is 53.9 Å². The molecular weight excluding hydrogens is 243 g/mol. The number of rotatable bonds is 5. The third kappa shape index (κ3) is 3.88. The standard InChI is InChI=1S/C9H12F3NO4/c10-9(11,12)8(16)13-3-1-6(13)5-17-4-2-7(14)15/h6H,1-5H2,(H,14,15). The van der Waals surface area contributed by atoms with Crippen LogP contribution in [0.1, 0.15) is 12.8 Å². The van der Waals surface area contributed by atoms with Crippen molar-refractivity contribution in [2.24, 2.45) is 0 Å². The molecule has 0 aromatic carbocycles. The maximum atomic E-state index is 12.1. The number of ether oxygens (including phenoxy) is 1. The molecule has 1 saturated heterocycles. The molecule has 1 amide bonds. The van der Waals surface area contributed by atoms with Gasteiger partial charge in [0.25, 0.3) is 0 Å². The van der Waals surface area contributed by atoms with E-state index in [2.05, 4.69) is 0 Å². The molecule has 1 aliphatic rings. The van der Waals surface area contributed by atoms with Gasteiger partial charge in [-0.15, -0.1) is 0 Å². The van der Waals surface area contributed by atoms with E-state index in [4.69, 9.17) is 9.84 Å². The molecule has 1 rings (SSSR count). The van der Waals surface area contributed by atoms with E-state index in [-0.39, 0.29) is 26.2 Å². The van der Waals surface area contributed by atoms with Crippen molar-refractivity contribution in [2.75, 3.05) is 19.8 Å². The molecule has 0 saturated carbocycles. The van der Waals surface area contributed by atoms with Gasteiger partial charge in [-0.3, -0.25) is 9.59 Å². The Bertz CT molecular complexity index is 305. The van der Waals surface area contributed by atoms with Crippen LogP contribution in [0.15, 0.2) is 0 Å². The number of carboxylic acid groups (broad SMARTS) is 1. The van der Waals surface area contributed by atoms with Crippen LogP contribution in [0.5, 0.6) is 0 Å². The molecule has 17 heavy (non-hydrogen) atoms. The Labute approximate surface area is 95.1 Å². The normalized spacial score (nSPS) is 19.9. The minimum absolute atomic E-state index is 0.0604. The average Bonchev–Trinajstić information content (AvgIpc) is 2.13. The monoisotopic (exact) mass is 255 g/mol. The first kappa shape index (κ1) is 13.8. The van der Waals surface area contributed by atoms with E-state index >= 15 is 0 Å². The molecule has 8 heteroatoms. The fraction of sp³-hybridized carbons (Fsp3) is 0.778. The quantitative estimate of drug-likeness (QED) is 0.732. The van der Waals surface area contributed by atoms with Crippen LogP contribution in [0.2, 0.25) is 0 Å². The zero-order valence-corrected chi connectivity index (χ0v) is 8.87. The summed E-state index contributed by atoms with van der Waals surface area (Å²) in [5, 5.41) is 8.30. The van der Waals surface area contributed by atoms with Crippen molar-refractivity contribution < 1.29 is 32.6 Å². The lowest BCUT2D eigenvalue weighted by atomic mass is 10.0. The summed E-state index contributed by atoms with van der Waals surface area (Å²) in [7, 11) is 0. The van der Waals surface area contributed by atoms with Crippen molar-refractivity contribution in [1.82, 2.24) is 4.90 Å². The first-order chi connectivity index (χ1) is 7.82. The Kier molecular flexibility index (Phi) is 4.33. The number of alkyl halides is 3. The molecule has 0 spiro atoms. The summed E-state index contributed by atoms with van der Waals surface area (Å²) < 4.78 is 41.1. The maximum absolute atomic E-state index is 12.1. The van der Waals surface area contributed by atoms with Gasteiger partial charge in [0.05, 0.1) is 25.7 Å². The second kappa shape index (κ2) is 5.35. The lowest BCUT2D eigenvalue weighted by molar-refractivity contribution is -0.194. The first-order valence-corrected chi connectivity index (χ1v) is 4.99. The summed E-state index contributed by atoms with van der Waals surface area (Å²) in [4.78, 5) is 21.7. The highest BCUT2D eigenvalue weighted by molar-refractivity contribution is 5.82. The topological polar surface area (TPSA) is 66.8 Å². The van der Waals surface area contributed by atoms with E-state index in [0.717, 1.165) is 0 Å². The smallest absolute Gasteiger partial charge is 0.471 e. The number of amides is 1. The highest BCUT2D eigenvalue weighted by atomic mass is 19.4. The van der Waals surface area contributed by atoms with E-state index in [9.17, 15) is 22.8 Å². The van der Waals surface area contributed by atoms with Gasteiger partial charge in [0.15, 0.2) is 0 Å². The summed E-state index contributed by atoms with van der Waals surface area (Å²) in [5.74, 6) is -2.91. The number of carboxylic acids is 1. The van der Waals surface area contributed by atoms with Gasteiger partial charge in [-0.25, -0.2) is 0 Å². The molecule has 1 unspecified atom stereocenters. The minimum Gasteiger partial charge on any atom is -0.481 e. The van der Waals surface area contributed by atoms with Gasteiger partial charge in [0.2, 0.25) is 0 Å². The number of carbonyl (C=O) groups is 2. The number of halogens is 3. The van der Waals surface area contributed by atoms with E-state index < -0.39 is 24.1 Å². The van der Waals surface area contributed by atoms with Crippen molar-refractivity contribution >= 4 is 11.9 Å². The Balaban J connectivity index is 2.27. The highest BCUT2D eigenvalue weighted by Crippen LogP contribution is 2.26. The summed E-state index contributed by atoms with van der Waals surface area (Å²) in [5.41, 5.74) is 0. The second-order valence-corrected chi connectivity index (χ2v) is 3.66. The maximum Gasteiger partial charge on any atom is 0.471 e. The molecule has 1 aliphatic heterocycles. The average molecular weight is 255 g/mol. The number of aliphatic carboxylic acids is 1. The van der Waals surface area contributed by atoms with E-state index in [0.29, 0.717) is 11.3 Å². The Morgan fingerprint density at radius 1 is 1.41 bits per heavy atom. The number of carbonyl (C=O) groups excluding carboxylic acids is 1. The van der Waals surface area contributed by atoms with Gasteiger partial charge in [-0.05, 0) is 6.42 Å². The van der Waals surface area contributed by atoms with Gasteiger partial charge >= 0.3 is 18.1 Å². The Morgan fingerprint density at radius 2 is 2.06 bits per heavy atom. The number of likely N-dealkylation sites (tertiary alicyclic amines) is 1. The zero-order valence-electron chi connectivity index (χ0n) is 8.87. The van der Waals surface area contributed by atoms with Crippen LogP contribution in [0.25, 0.3) is 0 Å². The number of hydrogen-bond acceptors (Lipinski definition) is 3. The van der Waals surface area contributed by atoms with Crippen LogP contribution >= 0.6 is 0 Å². The van der Waals surface area contributed by atoms with Crippen LogP contribution in [0.3, 0.4) is 0 Å². The predicted molar refractivity (Wildman–Crippen MR) is 49.2 cm³/mol. The predicted octanol–water partition coefficient (Wildman–Crippen LogP) is 0.641. The van der Waals surface area contributed by atoms with Gasteiger partial charge in [0.1, 0.15) is 0 Å². The molecule has 0 aromatic rings. The molecule has 1 fully saturated rings. The van der Waals surface area contributed by atoms with Crippen molar-refractivity contribution in [3.63, 3.8) is 0 Å². The van der Waals surface area contributed by atoms with Gasteiger partial charge in [-0.2, -0.15) is 13.2 Å². The van der Waals surface area contributed by atoms with Crippen LogP contribution in [-0.2, 0) is 14.3 Å². The van der Waals surface area contributed by atoms with Gasteiger partial charge in [-0.1, -0.05) is 0 Å². The number of hydrogen-bond donors (Lipinski definition) is 1. The second-order valence-electron chi connectivity index (χ2n) is 3.66. The van der Waals surface area contributed by atoms with Crippen molar-refractivity contribution in [3.05, 3.63) is 0 Å². The van der Waals surface area contributed by atoms with E-state index in [1.807, 2.05) is 0 Å². The van der Waals surface area contributed by atoms with E-state index in [1.165, 1.54) is 0 Å². The van der Waals surface area contributed by atoms with Crippen LogP contribution < -0.4 is 0 Å². The van der Waals surface area contributed by atoms with Gasteiger partial charge in [0, 0.05) is 6.54 Å². The summed E-state index contributed by atoms with van der Waals surface area (Å²) in [6.07, 6.45) is -4.63. The Hall–Kier alpha value is -1.31. The SMILES string of the molecule is O=C(O)CCOCC1CCN1C(=O)C(F)(F)F. The van der Waals surface area contributed by atoms with Crippen LogP contribution in [0, 0.1) is 0 Å². The first-order valence-electron chi connectivity index (χ1n) is 4.99. The summed E-state index contributed by atoms with van der Waals surface area (Å²) in [6, 6.07) is -0.599. The van der Waals surface area contributed by atoms with E-state index in [1.54, 1.807) is 0 Å². The molecule has 98 valence electrons. The molecule has 1 N–H and O–H groups in total. The third-order valence-corrected chi connectivity index (χ3v) is 2.42. The largest absolute Gasteiger partial charge is 0.481 e. The van der Waals surface area contributed by atoms with Gasteiger partial charge < -0.3 is 14.7 Å². The number of nitrogens with zero attached hydrogens (tertiary/aromatic N) is 1. The van der Waals surface area contributed by atoms with Crippen LogP contribution in [0.4, 0.5) is 13.2 Å². The molecule has 0 bridgehead atoms. The summed E-state index contributed by atoms with van der Waals surface area (Å²) >= 11 is 0. The molecular formula is C9H12F3NO4. The lowest BCUT2D eigenvalue weighted by Gasteiger charge is -2.40. The zero-order chi connectivity index (χ0) is 13.1. The molecule has 1 atom stereocenters. The molecule has 0 radical (unpaired) electrons. The lowest BCUT2D eigenvalue weighted by Crippen LogP contribution is -2.57. The third-order valence-electron chi connectivity index (χ3n) is 2.42. The Morgan fingerprint density at radius 3 is 2.47 bits per heavy atom. The minimum atomic E-state index is -4.86. The molecule has 1 heterocycles. The van der Waals surface area contributed by atoms with Crippen molar-refractivity contribution in [3.8, 4) is 0 Å². The van der Waals surface area contributed by atoms with Crippen molar-refractivity contribution in [1.29, 1.82) is 0 Å². The molecule has 0 aromatic heterocycles. The molecule has 0 aliphatic carbocycles. The fourth-order valence-electron chi connectivity index (χ4n) is 1.42. The fourth-order valence-corrected chi connectivity index (χ4v) is 1.42. The molecule has 5 nitrogen and oxygen atoms in total. The summed E-state index contributed by atoms with van der Waals surface area (Å²) in [6.45, 7) is -0.0692.